The first-order valence-corrected chi connectivity index (χ1v) is 10.7. The zero-order valence-corrected chi connectivity index (χ0v) is 17.8. The molecule has 1 amide bonds. The highest BCUT2D eigenvalue weighted by atomic mass is 35.5. The van der Waals surface area contributed by atoms with Gasteiger partial charge in [0.05, 0.1) is 44.9 Å². The lowest BCUT2D eigenvalue weighted by Gasteiger charge is -2.31. The van der Waals surface area contributed by atoms with Gasteiger partial charge in [-0.1, -0.05) is 11.6 Å². The Morgan fingerprint density at radius 1 is 1.36 bits per heavy atom. The second kappa shape index (κ2) is 9.96. The topological polar surface area (TPSA) is 43.2 Å². The first-order valence-electron chi connectivity index (χ1n) is 9.42. The second-order valence-electron chi connectivity index (χ2n) is 6.68. The summed E-state index contributed by atoms with van der Waals surface area (Å²) >= 11 is 8.03. The minimum atomic E-state index is 0.0264. The van der Waals surface area contributed by atoms with Crippen molar-refractivity contribution in [1.82, 2.24) is 4.90 Å². The lowest BCUT2D eigenvalue weighted by atomic mass is 10.1. The van der Waals surface area contributed by atoms with E-state index in [4.69, 9.17) is 21.1 Å². The zero-order valence-electron chi connectivity index (χ0n) is 16.2. The molecule has 0 unspecified atom stereocenters. The van der Waals surface area contributed by atoms with Gasteiger partial charge in [-0.2, -0.15) is 11.3 Å². The average molecular weight is 422 g/mol. The summed E-state index contributed by atoms with van der Waals surface area (Å²) in [7, 11) is 1.57. The molecule has 0 aliphatic carbocycles. The summed E-state index contributed by atoms with van der Waals surface area (Å²) < 4.78 is 10.9. The molecule has 0 radical (unpaired) electrons. The van der Waals surface area contributed by atoms with Crippen molar-refractivity contribution in [3.05, 3.63) is 51.2 Å². The van der Waals surface area contributed by atoms with Crippen LogP contribution in [0.1, 0.15) is 18.1 Å². The molecule has 1 aromatic carbocycles. The van der Waals surface area contributed by atoms with Gasteiger partial charge in [0, 0.05) is 11.6 Å². The molecule has 0 bridgehead atoms. The van der Waals surface area contributed by atoms with Crippen LogP contribution in [-0.4, -0.2) is 50.7 Å². The Bertz CT molecular complexity index is 815. The van der Waals surface area contributed by atoms with E-state index in [2.05, 4.69) is 16.8 Å². The molecule has 7 heteroatoms. The van der Waals surface area contributed by atoms with Gasteiger partial charge in [0.2, 0.25) is 5.91 Å². The largest absolute Gasteiger partial charge is 0.493 e. The van der Waals surface area contributed by atoms with Crippen LogP contribution in [-0.2, 0) is 11.3 Å². The molecule has 1 aliphatic rings. The Morgan fingerprint density at radius 3 is 2.79 bits per heavy atom. The van der Waals surface area contributed by atoms with Crippen molar-refractivity contribution in [2.75, 3.05) is 39.9 Å². The third kappa shape index (κ3) is 5.28. The van der Waals surface area contributed by atoms with E-state index < -0.39 is 0 Å². The number of carbonyl (C=O) groups is 1. The first-order chi connectivity index (χ1) is 13.6. The fourth-order valence-corrected chi connectivity index (χ4v) is 4.24. The summed E-state index contributed by atoms with van der Waals surface area (Å²) in [6.07, 6.45) is 3.38. The number of quaternary nitrogens is 1. The van der Waals surface area contributed by atoms with Crippen molar-refractivity contribution in [3.8, 4) is 11.5 Å². The van der Waals surface area contributed by atoms with E-state index in [1.807, 2.05) is 17.9 Å². The predicted octanol–water partition coefficient (Wildman–Crippen LogP) is 2.75. The molecule has 0 saturated carbocycles. The summed E-state index contributed by atoms with van der Waals surface area (Å²) in [5.74, 6) is 1.12. The van der Waals surface area contributed by atoms with Gasteiger partial charge in [-0.05, 0) is 47.5 Å². The van der Waals surface area contributed by atoms with Crippen LogP contribution < -0.4 is 14.4 Å². The molecule has 3 rings (SSSR count). The van der Waals surface area contributed by atoms with Gasteiger partial charge in [-0.3, -0.25) is 4.79 Å². The Morgan fingerprint density at radius 2 is 2.14 bits per heavy atom. The van der Waals surface area contributed by atoms with E-state index in [0.717, 1.165) is 38.3 Å². The number of hydrogen-bond acceptors (Lipinski definition) is 4. The number of carbonyl (C=O) groups excluding carboxylic acids is 1. The Labute approximate surface area is 175 Å². The second-order valence-corrected chi connectivity index (χ2v) is 7.87. The van der Waals surface area contributed by atoms with Crippen molar-refractivity contribution in [3.63, 3.8) is 0 Å². The van der Waals surface area contributed by atoms with Crippen molar-refractivity contribution in [2.45, 2.75) is 13.5 Å². The maximum atomic E-state index is 12.5. The van der Waals surface area contributed by atoms with Gasteiger partial charge in [-0.15, -0.1) is 0 Å². The summed E-state index contributed by atoms with van der Waals surface area (Å²) in [4.78, 5) is 16.0. The minimum absolute atomic E-state index is 0.0264. The van der Waals surface area contributed by atoms with Crippen LogP contribution in [0.2, 0.25) is 5.02 Å². The fraction of sp³-hybridized carbons (Fsp3) is 0.381. The molecule has 1 aliphatic heterocycles. The lowest BCUT2D eigenvalue weighted by molar-refractivity contribution is -0.917. The molecule has 2 heterocycles. The van der Waals surface area contributed by atoms with Crippen LogP contribution in [0.5, 0.6) is 11.5 Å². The molecule has 1 aromatic heterocycles. The highest BCUT2D eigenvalue weighted by Crippen LogP contribution is 2.36. The number of benzene rings is 1. The molecule has 1 N–H and O–H groups in total. The van der Waals surface area contributed by atoms with Crippen molar-refractivity contribution < 1.29 is 19.2 Å². The third-order valence-corrected chi connectivity index (χ3v) is 5.79. The Kier molecular flexibility index (Phi) is 7.36. The van der Waals surface area contributed by atoms with Gasteiger partial charge in [0.15, 0.2) is 11.5 Å². The third-order valence-electron chi connectivity index (χ3n) is 4.78. The quantitative estimate of drug-likeness (QED) is 0.699. The van der Waals surface area contributed by atoms with E-state index in [0.29, 0.717) is 23.1 Å². The highest BCUT2D eigenvalue weighted by molar-refractivity contribution is 7.07. The lowest BCUT2D eigenvalue weighted by Crippen LogP contribution is -3.13. The number of nitrogens with zero attached hydrogens (tertiary/aromatic N) is 1. The van der Waals surface area contributed by atoms with Gasteiger partial charge < -0.3 is 19.3 Å². The number of ether oxygens (including phenoxy) is 2. The number of halogens is 1. The van der Waals surface area contributed by atoms with Crippen molar-refractivity contribution in [2.24, 2.45) is 0 Å². The highest BCUT2D eigenvalue weighted by Gasteiger charge is 2.22. The molecule has 1 fully saturated rings. The van der Waals surface area contributed by atoms with E-state index in [1.54, 1.807) is 36.7 Å². The fourth-order valence-electron chi connectivity index (χ4n) is 3.30. The zero-order chi connectivity index (χ0) is 19.9. The van der Waals surface area contributed by atoms with Crippen LogP contribution in [0, 0.1) is 0 Å². The molecule has 5 nitrogen and oxygen atoms in total. The molecule has 28 heavy (non-hydrogen) atoms. The average Bonchev–Trinajstić information content (AvgIpc) is 3.21. The molecule has 0 atom stereocenters. The van der Waals surface area contributed by atoms with Gasteiger partial charge in [0.1, 0.15) is 6.54 Å². The molecule has 2 aromatic rings. The van der Waals surface area contributed by atoms with Gasteiger partial charge >= 0.3 is 0 Å². The van der Waals surface area contributed by atoms with Crippen molar-refractivity contribution in [1.29, 1.82) is 0 Å². The smallest absolute Gasteiger partial charge is 0.246 e. The molecule has 1 saturated heterocycles. The van der Waals surface area contributed by atoms with E-state index in [-0.39, 0.29) is 5.91 Å². The van der Waals surface area contributed by atoms with Crippen LogP contribution in [0.15, 0.2) is 35.0 Å². The first kappa shape index (κ1) is 20.7. The van der Waals surface area contributed by atoms with Gasteiger partial charge in [0.25, 0.3) is 0 Å². The maximum absolute atomic E-state index is 12.5. The number of piperazine rings is 1. The summed E-state index contributed by atoms with van der Waals surface area (Å²) in [6.45, 7) is 6.92. The monoisotopic (exact) mass is 421 g/mol. The van der Waals surface area contributed by atoms with Crippen molar-refractivity contribution >= 4 is 34.9 Å². The number of hydrogen-bond donors (Lipinski definition) is 1. The van der Waals surface area contributed by atoms with Crippen LogP contribution >= 0.6 is 22.9 Å². The Hall–Kier alpha value is -2.02. The standard InChI is InChI=1S/C21H25ClN2O3S/c1-3-27-21-18(22)12-16(13-19(21)26-2)4-5-20(25)24-9-7-23(8-10-24)14-17-6-11-28-15-17/h4-6,11-13,15H,3,7-10,14H2,1-2H3/p+1/b5-4+. The number of rotatable bonds is 7. The number of nitrogens with one attached hydrogen (secondary N) is 1. The van der Waals surface area contributed by atoms with E-state index in [1.165, 1.54) is 10.5 Å². The normalized spacial score (nSPS) is 15.2. The van der Waals surface area contributed by atoms with Crippen LogP contribution in [0.25, 0.3) is 6.08 Å². The summed E-state index contributed by atoms with van der Waals surface area (Å²) in [6, 6.07) is 5.78. The number of thiophene rings is 1. The predicted molar refractivity (Wildman–Crippen MR) is 114 cm³/mol. The maximum Gasteiger partial charge on any atom is 0.246 e. The Balaban J connectivity index is 1.57. The SMILES string of the molecule is CCOc1c(Cl)cc(/C=C/C(=O)N2CC[NH+](Cc3ccsc3)CC2)cc1OC. The summed E-state index contributed by atoms with van der Waals surface area (Å²) in [5.41, 5.74) is 2.18. The summed E-state index contributed by atoms with van der Waals surface area (Å²) in [5, 5.41) is 4.78. The molecule has 0 spiro atoms. The van der Waals surface area contributed by atoms with Crippen LogP contribution in [0.3, 0.4) is 0 Å². The molecule has 150 valence electrons. The molecular weight excluding hydrogens is 396 g/mol. The van der Waals surface area contributed by atoms with E-state index in [9.17, 15) is 4.79 Å². The number of methoxy groups -OCH3 is 1. The number of amides is 1. The minimum Gasteiger partial charge on any atom is -0.493 e. The van der Waals surface area contributed by atoms with Crippen LogP contribution in [0.4, 0.5) is 0 Å². The van der Waals surface area contributed by atoms with Gasteiger partial charge in [-0.25, -0.2) is 0 Å². The van der Waals surface area contributed by atoms with E-state index >= 15 is 0 Å². The molecular formula is C21H26ClN2O3S+.